The van der Waals surface area contributed by atoms with E-state index in [9.17, 15) is 18.3 Å². The molecular formula is C34H44N4O7S. The number of nitrogen functional groups attached to an aromatic ring is 1. The highest BCUT2D eigenvalue weighted by molar-refractivity contribution is 7.89. The fourth-order valence-corrected chi connectivity index (χ4v) is 7.59. The van der Waals surface area contributed by atoms with Gasteiger partial charge in [0.15, 0.2) is 6.29 Å². The first-order valence-corrected chi connectivity index (χ1v) is 17.1. The van der Waals surface area contributed by atoms with Crippen molar-refractivity contribution in [2.45, 2.75) is 56.1 Å². The zero-order chi connectivity index (χ0) is 32.8. The SMILES string of the molecule is CC(C)CN(C[C@@H](O)[C@H](Cc1ccccc1)NC(=O)O[C@H]1CO[C@H]2OCC[C@H]21)S(=O)(=O)c1ccc(N)c(N(C)c2ccccc2)c1. The fourth-order valence-electron chi connectivity index (χ4n) is 5.95. The quantitative estimate of drug-likeness (QED) is 0.232. The highest BCUT2D eigenvalue weighted by Crippen LogP contribution is 2.34. The van der Waals surface area contributed by atoms with Gasteiger partial charge >= 0.3 is 6.09 Å². The summed E-state index contributed by atoms with van der Waals surface area (Å²) in [6.07, 6.45) is -1.81. The zero-order valence-corrected chi connectivity index (χ0v) is 27.3. The standard InChI is InChI=1S/C34H44N4O7S/c1-23(2)20-38(46(41,42)26-14-15-28(35)30(19-26)37(3)25-12-8-5-9-13-25)21-31(39)29(18-24-10-6-4-7-11-24)36-34(40)45-32-22-44-33-27(32)16-17-43-33/h4-15,19,23,27,29,31-33,39H,16-18,20-22,35H2,1-3H3,(H,36,40)/t27-,29-,31+,32-,33+/m0/s1. The van der Waals surface area contributed by atoms with Crippen molar-refractivity contribution >= 4 is 33.2 Å². The summed E-state index contributed by atoms with van der Waals surface area (Å²) in [4.78, 5) is 15.0. The Kier molecular flexibility index (Phi) is 10.9. The third kappa shape index (κ3) is 7.99. The number of rotatable bonds is 13. The fraction of sp³-hybridized carbons (Fsp3) is 0.441. The van der Waals surface area contributed by atoms with E-state index in [1.165, 1.54) is 10.4 Å². The molecule has 3 aromatic rings. The van der Waals surface area contributed by atoms with E-state index in [1.54, 1.807) is 12.1 Å². The van der Waals surface area contributed by atoms with E-state index < -0.39 is 34.4 Å². The first-order valence-electron chi connectivity index (χ1n) is 15.6. The molecule has 0 spiro atoms. The van der Waals surface area contributed by atoms with Crippen LogP contribution in [0.1, 0.15) is 25.8 Å². The number of amides is 1. The van der Waals surface area contributed by atoms with Gasteiger partial charge in [-0.1, -0.05) is 62.4 Å². The van der Waals surface area contributed by atoms with Crippen molar-refractivity contribution in [1.29, 1.82) is 0 Å². The first kappa shape index (κ1) is 33.7. The van der Waals surface area contributed by atoms with Crippen molar-refractivity contribution in [3.63, 3.8) is 0 Å². The molecule has 5 atom stereocenters. The van der Waals surface area contributed by atoms with Crippen LogP contribution in [-0.2, 0) is 30.7 Å². The molecule has 5 rings (SSSR count). The maximum atomic E-state index is 14.2. The number of para-hydroxylation sites is 1. The average Bonchev–Trinajstić information content (AvgIpc) is 3.66. The van der Waals surface area contributed by atoms with Crippen LogP contribution in [0.4, 0.5) is 21.9 Å². The second kappa shape index (κ2) is 14.8. The van der Waals surface area contributed by atoms with Crippen LogP contribution in [0.25, 0.3) is 0 Å². The number of nitrogens with zero attached hydrogens (tertiary/aromatic N) is 2. The minimum absolute atomic E-state index is 0.0411. The molecule has 248 valence electrons. The van der Waals surface area contributed by atoms with E-state index in [1.807, 2.05) is 86.5 Å². The van der Waals surface area contributed by atoms with E-state index in [-0.39, 0.29) is 49.1 Å². The largest absolute Gasteiger partial charge is 0.443 e. The molecule has 3 aromatic carbocycles. The van der Waals surface area contributed by atoms with Gasteiger partial charge in [-0.25, -0.2) is 13.2 Å². The molecule has 0 saturated carbocycles. The smallest absolute Gasteiger partial charge is 0.407 e. The van der Waals surface area contributed by atoms with Crippen molar-refractivity contribution in [3.8, 4) is 0 Å². The molecule has 2 aliphatic heterocycles. The number of fused-ring (bicyclic) bond motifs is 1. The Labute approximate surface area is 271 Å². The molecule has 2 heterocycles. The molecule has 2 saturated heterocycles. The van der Waals surface area contributed by atoms with Gasteiger partial charge in [0.25, 0.3) is 0 Å². The average molecular weight is 653 g/mol. The summed E-state index contributed by atoms with van der Waals surface area (Å²) in [7, 11) is -2.27. The number of aliphatic hydroxyl groups excluding tert-OH is 1. The number of hydrogen-bond acceptors (Lipinski definition) is 9. The Hall–Kier alpha value is -3.68. The number of nitrogens with two attached hydrogens (primary N) is 1. The molecule has 4 N–H and O–H groups in total. The lowest BCUT2D eigenvalue weighted by molar-refractivity contribution is -0.0907. The number of aliphatic hydroxyl groups is 1. The molecule has 46 heavy (non-hydrogen) atoms. The Morgan fingerprint density at radius 1 is 1.04 bits per heavy atom. The lowest BCUT2D eigenvalue weighted by Crippen LogP contribution is -2.51. The Morgan fingerprint density at radius 2 is 1.74 bits per heavy atom. The number of nitrogens with one attached hydrogen (secondary N) is 1. The Morgan fingerprint density at radius 3 is 2.43 bits per heavy atom. The lowest BCUT2D eigenvalue weighted by atomic mass is 10.0. The first-order chi connectivity index (χ1) is 22.0. The van der Waals surface area contributed by atoms with Gasteiger partial charge in [0, 0.05) is 25.8 Å². The predicted molar refractivity (Wildman–Crippen MR) is 176 cm³/mol. The molecule has 0 aliphatic carbocycles. The van der Waals surface area contributed by atoms with Gasteiger partial charge in [-0.2, -0.15) is 4.31 Å². The minimum atomic E-state index is -4.09. The van der Waals surface area contributed by atoms with Gasteiger partial charge in [0.2, 0.25) is 10.0 Å². The van der Waals surface area contributed by atoms with Crippen LogP contribution in [0.2, 0.25) is 0 Å². The summed E-state index contributed by atoms with van der Waals surface area (Å²) in [5.41, 5.74) is 8.97. The van der Waals surface area contributed by atoms with Crippen LogP contribution in [0, 0.1) is 11.8 Å². The maximum Gasteiger partial charge on any atom is 0.407 e. The van der Waals surface area contributed by atoms with Crippen LogP contribution in [0.5, 0.6) is 0 Å². The molecule has 0 radical (unpaired) electrons. The van der Waals surface area contributed by atoms with E-state index in [0.29, 0.717) is 18.0 Å². The van der Waals surface area contributed by atoms with Gasteiger partial charge in [-0.3, -0.25) is 0 Å². The predicted octanol–water partition coefficient (Wildman–Crippen LogP) is 4.14. The van der Waals surface area contributed by atoms with Crippen LogP contribution in [0.3, 0.4) is 0 Å². The molecule has 1 amide bonds. The van der Waals surface area contributed by atoms with Gasteiger partial charge in [0.05, 0.1) is 47.5 Å². The number of sulfonamides is 1. The molecule has 0 bridgehead atoms. The van der Waals surface area contributed by atoms with Gasteiger partial charge in [-0.05, 0) is 54.7 Å². The van der Waals surface area contributed by atoms with E-state index in [0.717, 1.165) is 17.7 Å². The topological polar surface area (TPSA) is 144 Å². The van der Waals surface area contributed by atoms with Crippen molar-refractivity contribution < 1.29 is 32.5 Å². The second-order valence-electron chi connectivity index (χ2n) is 12.3. The molecule has 0 unspecified atom stereocenters. The third-order valence-electron chi connectivity index (χ3n) is 8.41. The van der Waals surface area contributed by atoms with Crippen molar-refractivity contribution in [3.05, 3.63) is 84.4 Å². The molecule has 0 aromatic heterocycles. The normalized spacial score (nSPS) is 20.8. The number of ether oxygens (including phenoxy) is 3. The number of alkyl carbamates (subject to hydrolysis) is 1. The summed E-state index contributed by atoms with van der Waals surface area (Å²) in [6.45, 7) is 4.50. The van der Waals surface area contributed by atoms with Crippen LogP contribution >= 0.6 is 0 Å². The summed E-state index contributed by atoms with van der Waals surface area (Å²) in [6, 6.07) is 22.7. The number of benzene rings is 3. The van der Waals surface area contributed by atoms with E-state index >= 15 is 0 Å². The highest BCUT2D eigenvalue weighted by Gasteiger charge is 2.44. The van der Waals surface area contributed by atoms with E-state index in [2.05, 4.69) is 5.32 Å². The van der Waals surface area contributed by atoms with Crippen LogP contribution in [-0.4, -0.2) is 81.8 Å². The van der Waals surface area contributed by atoms with Crippen molar-refractivity contribution in [2.75, 3.05) is 44.0 Å². The number of hydrogen-bond donors (Lipinski definition) is 3. The van der Waals surface area contributed by atoms with Gasteiger partial charge in [0.1, 0.15) is 6.10 Å². The lowest BCUT2D eigenvalue weighted by Gasteiger charge is -2.31. The number of carbonyl (C=O) groups excluding carboxylic acids is 1. The highest BCUT2D eigenvalue weighted by atomic mass is 32.2. The molecule has 11 nitrogen and oxygen atoms in total. The maximum absolute atomic E-state index is 14.2. The summed E-state index contributed by atoms with van der Waals surface area (Å²) in [5, 5.41) is 14.4. The molecule has 2 aliphatic rings. The van der Waals surface area contributed by atoms with Crippen LogP contribution in [0.15, 0.2) is 83.8 Å². The Balaban J connectivity index is 1.37. The Bertz CT molecular complexity index is 1560. The van der Waals surface area contributed by atoms with Crippen LogP contribution < -0.4 is 16.0 Å². The minimum Gasteiger partial charge on any atom is -0.443 e. The molecule has 2 fully saturated rings. The second-order valence-corrected chi connectivity index (χ2v) is 14.2. The molecule has 12 heteroatoms. The zero-order valence-electron chi connectivity index (χ0n) is 26.5. The van der Waals surface area contributed by atoms with Crippen molar-refractivity contribution in [2.24, 2.45) is 11.8 Å². The summed E-state index contributed by atoms with van der Waals surface area (Å²) < 4.78 is 46.5. The summed E-state index contributed by atoms with van der Waals surface area (Å²) in [5.74, 6) is -0.0858. The van der Waals surface area contributed by atoms with Gasteiger partial charge < -0.3 is 35.3 Å². The van der Waals surface area contributed by atoms with Crippen molar-refractivity contribution in [1.82, 2.24) is 9.62 Å². The monoisotopic (exact) mass is 652 g/mol. The number of anilines is 3. The van der Waals surface area contributed by atoms with E-state index in [4.69, 9.17) is 19.9 Å². The summed E-state index contributed by atoms with van der Waals surface area (Å²) >= 11 is 0. The number of carbonyl (C=O) groups is 1. The van der Waals surface area contributed by atoms with Gasteiger partial charge in [-0.15, -0.1) is 0 Å². The third-order valence-corrected chi connectivity index (χ3v) is 10.2. The molecular weight excluding hydrogens is 608 g/mol.